The molecule has 34 heavy (non-hydrogen) atoms. The molecule has 1 amide bonds. The van der Waals surface area contributed by atoms with Crippen LogP contribution >= 0.6 is 11.3 Å². The largest absolute Gasteiger partial charge is 0.475 e. The summed E-state index contributed by atoms with van der Waals surface area (Å²) in [5.41, 5.74) is 0.971. The number of thiazole rings is 1. The maximum absolute atomic E-state index is 13.0. The standard InChI is InChI=1S/C25H31N5O3S/c1-6-9-18-15-33-21(28-18)19(13-26)23-30(7-2)22(31)20(34-23)14-27-16-10-8-11-17(12-16)29-24(32)25(3,4)5/h8,10-12,14,18,27H,6-7,9,15H2,1-5H3,(H,29,32). The quantitative estimate of drug-likeness (QED) is 0.632. The predicted octanol–water partition coefficient (Wildman–Crippen LogP) is 3.04. The molecule has 1 aromatic heterocycles. The van der Waals surface area contributed by atoms with E-state index in [-0.39, 0.29) is 23.1 Å². The van der Waals surface area contributed by atoms with Gasteiger partial charge < -0.3 is 15.4 Å². The minimum atomic E-state index is -0.507. The number of rotatable bonds is 7. The third-order valence-corrected chi connectivity index (χ3v) is 6.40. The minimum absolute atomic E-state index is 0.0452. The fourth-order valence-electron chi connectivity index (χ4n) is 3.37. The van der Waals surface area contributed by atoms with Gasteiger partial charge in [-0.2, -0.15) is 5.26 Å². The molecular weight excluding hydrogens is 450 g/mol. The van der Waals surface area contributed by atoms with E-state index in [2.05, 4.69) is 28.6 Å². The third-order valence-electron chi connectivity index (χ3n) is 5.27. The Morgan fingerprint density at radius 1 is 1.35 bits per heavy atom. The average Bonchev–Trinajstić information content (AvgIpc) is 3.37. The lowest BCUT2D eigenvalue weighted by molar-refractivity contribution is -0.123. The second-order valence-corrected chi connectivity index (χ2v) is 10.1. The Kier molecular flexibility index (Phi) is 7.94. The molecule has 0 spiro atoms. The number of hydrogen-bond donors (Lipinski definition) is 2. The van der Waals surface area contributed by atoms with Gasteiger partial charge in [-0.15, -0.1) is 11.3 Å². The van der Waals surface area contributed by atoms with Crippen LogP contribution in [-0.2, 0) is 16.1 Å². The van der Waals surface area contributed by atoms with Crippen molar-refractivity contribution in [3.8, 4) is 6.07 Å². The second-order valence-electron chi connectivity index (χ2n) is 9.07. The molecule has 2 N–H and O–H groups in total. The van der Waals surface area contributed by atoms with E-state index < -0.39 is 5.41 Å². The van der Waals surface area contributed by atoms with Gasteiger partial charge in [0, 0.05) is 29.5 Å². The highest BCUT2D eigenvalue weighted by Crippen LogP contribution is 2.20. The van der Waals surface area contributed by atoms with Crippen LogP contribution < -0.4 is 25.4 Å². The first kappa shape index (κ1) is 25.2. The molecule has 0 aliphatic carbocycles. The first-order chi connectivity index (χ1) is 16.2. The van der Waals surface area contributed by atoms with Crippen LogP contribution in [0.25, 0.3) is 11.8 Å². The molecule has 0 saturated carbocycles. The van der Waals surface area contributed by atoms with Crippen molar-refractivity contribution in [1.82, 2.24) is 4.57 Å². The molecule has 1 unspecified atom stereocenters. The van der Waals surface area contributed by atoms with Gasteiger partial charge in [0.05, 0.1) is 6.04 Å². The van der Waals surface area contributed by atoms with Crippen molar-refractivity contribution in [1.29, 1.82) is 5.26 Å². The number of ether oxygens (including phenoxy) is 1. The zero-order valence-corrected chi connectivity index (χ0v) is 21.1. The van der Waals surface area contributed by atoms with Crippen molar-refractivity contribution in [2.75, 3.05) is 17.2 Å². The van der Waals surface area contributed by atoms with Gasteiger partial charge in [0.2, 0.25) is 11.8 Å². The molecule has 0 saturated heterocycles. The van der Waals surface area contributed by atoms with Crippen molar-refractivity contribution in [2.45, 2.75) is 60.0 Å². The van der Waals surface area contributed by atoms with Gasteiger partial charge in [0.15, 0.2) is 0 Å². The van der Waals surface area contributed by atoms with Crippen LogP contribution in [0.1, 0.15) is 47.5 Å². The molecule has 8 nitrogen and oxygen atoms in total. The molecule has 2 aromatic rings. The molecular formula is C25H31N5O3S. The Morgan fingerprint density at radius 3 is 2.74 bits per heavy atom. The van der Waals surface area contributed by atoms with Gasteiger partial charge in [-0.3, -0.25) is 14.2 Å². The molecule has 1 aromatic carbocycles. The molecule has 1 aliphatic rings. The first-order valence-corrected chi connectivity index (χ1v) is 12.2. The zero-order chi connectivity index (χ0) is 24.9. The summed E-state index contributed by atoms with van der Waals surface area (Å²) in [6.45, 7) is 10.4. The molecule has 3 rings (SSSR count). The van der Waals surface area contributed by atoms with E-state index in [0.717, 1.165) is 18.5 Å². The zero-order valence-electron chi connectivity index (χ0n) is 20.3. The van der Waals surface area contributed by atoms with Gasteiger partial charge in [0.1, 0.15) is 27.4 Å². The number of carbonyl (C=O) groups is 1. The summed E-state index contributed by atoms with van der Waals surface area (Å²) in [6.07, 6.45) is 3.50. The van der Waals surface area contributed by atoms with Crippen molar-refractivity contribution in [2.24, 2.45) is 10.4 Å². The van der Waals surface area contributed by atoms with Crippen LogP contribution in [-0.4, -0.2) is 29.0 Å². The first-order valence-electron chi connectivity index (χ1n) is 11.4. The number of amides is 1. The topological polar surface area (TPSA) is 109 Å². The molecule has 2 heterocycles. The van der Waals surface area contributed by atoms with E-state index in [1.165, 1.54) is 11.3 Å². The predicted molar refractivity (Wildman–Crippen MR) is 137 cm³/mol. The van der Waals surface area contributed by atoms with Crippen LogP contribution in [0.3, 0.4) is 0 Å². The molecule has 1 aliphatic heterocycles. The summed E-state index contributed by atoms with van der Waals surface area (Å²) < 4.78 is 8.25. The van der Waals surface area contributed by atoms with Crippen molar-refractivity contribution < 1.29 is 9.53 Å². The number of benzene rings is 1. The Bertz CT molecular complexity index is 1310. The summed E-state index contributed by atoms with van der Waals surface area (Å²) >= 11 is 1.22. The number of nitriles is 1. The number of anilines is 2. The Balaban J connectivity index is 1.95. The van der Waals surface area contributed by atoms with E-state index in [9.17, 15) is 14.9 Å². The number of aromatic nitrogens is 1. The van der Waals surface area contributed by atoms with E-state index in [4.69, 9.17) is 4.74 Å². The second kappa shape index (κ2) is 10.7. The maximum atomic E-state index is 13.0. The van der Waals surface area contributed by atoms with E-state index in [1.807, 2.05) is 45.9 Å². The number of aliphatic imine (C=N–C) groups is 1. The smallest absolute Gasteiger partial charge is 0.270 e. The van der Waals surface area contributed by atoms with Crippen LogP contribution in [0.4, 0.5) is 11.4 Å². The summed E-state index contributed by atoms with van der Waals surface area (Å²) in [4.78, 5) is 29.8. The highest BCUT2D eigenvalue weighted by atomic mass is 32.1. The van der Waals surface area contributed by atoms with E-state index in [0.29, 0.717) is 33.9 Å². The van der Waals surface area contributed by atoms with Crippen LogP contribution in [0, 0.1) is 16.7 Å². The normalized spacial score (nSPS) is 17.0. The summed E-state index contributed by atoms with van der Waals surface area (Å²) in [5, 5.41) is 15.9. The van der Waals surface area contributed by atoms with Crippen molar-refractivity contribution in [3.05, 3.63) is 43.8 Å². The van der Waals surface area contributed by atoms with Crippen molar-refractivity contribution >= 4 is 46.3 Å². The summed E-state index contributed by atoms with van der Waals surface area (Å²) in [7, 11) is 0. The van der Waals surface area contributed by atoms with Gasteiger partial charge in [-0.1, -0.05) is 40.2 Å². The molecule has 0 bridgehead atoms. The van der Waals surface area contributed by atoms with Gasteiger partial charge in [0.25, 0.3) is 5.56 Å². The fourth-order valence-corrected chi connectivity index (χ4v) is 4.45. The maximum Gasteiger partial charge on any atom is 0.270 e. The molecule has 0 fully saturated rings. The highest BCUT2D eigenvalue weighted by Gasteiger charge is 2.23. The summed E-state index contributed by atoms with van der Waals surface area (Å²) in [6, 6.07) is 9.51. The molecule has 1 atom stereocenters. The minimum Gasteiger partial charge on any atom is -0.475 e. The number of nitrogens with zero attached hydrogens (tertiary/aromatic N) is 3. The van der Waals surface area contributed by atoms with Crippen LogP contribution in [0.15, 0.2) is 34.1 Å². The highest BCUT2D eigenvalue weighted by molar-refractivity contribution is 7.07. The lowest BCUT2D eigenvalue weighted by Crippen LogP contribution is -2.32. The van der Waals surface area contributed by atoms with Crippen LogP contribution in [0.5, 0.6) is 0 Å². The summed E-state index contributed by atoms with van der Waals surface area (Å²) in [5.74, 6) is 0.228. The average molecular weight is 482 g/mol. The van der Waals surface area contributed by atoms with Crippen molar-refractivity contribution in [3.63, 3.8) is 0 Å². The van der Waals surface area contributed by atoms with Gasteiger partial charge >= 0.3 is 0 Å². The third kappa shape index (κ3) is 5.75. The Labute approximate surface area is 203 Å². The number of carbonyl (C=O) groups excluding carboxylic acids is 1. The SMILES string of the molecule is CCCC1COC(C(C#N)=c2sc(=CNc3cccc(NC(=O)C(C)(C)C)c3)c(=O)n2CC)=N1. The molecule has 9 heteroatoms. The Morgan fingerprint density at radius 2 is 2.09 bits per heavy atom. The van der Waals surface area contributed by atoms with Gasteiger partial charge in [-0.05, 0) is 31.5 Å². The van der Waals surface area contributed by atoms with Crippen LogP contribution in [0.2, 0.25) is 0 Å². The lowest BCUT2D eigenvalue weighted by atomic mass is 9.95. The van der Waals surface area contributed by atoms with E-state index in [1.54, 1.807) is 16.8 Å². The lowest BCUT2D eigenvalue weighted by Gasteiger charge is -2.18. The Hall–Kier alpha value is -3.38. The van der Waals surface area contributed by atoms with E-state index >= 15 is 0 Å². The van der Waals surface area contributed by atoms with Gasteiger partial charge in [-0.25, -0.2) is 4.99 Å². The number of nitrogens with one attached hydrogen (secondary N) is 2. The number of hydrogen-bond acceptors (Lipinski definition) is 7. The monoisotopic (exact) mass is 481 g/mol. The molecule has 180 valence electrons. The molecule has 0 radical (unpaired) electrons. The fraction of sp³-hybridized carbons (Fsp3) is 0.440.